The Hall–Kier alpha value is -6.79. The minimum absolute atomic E-state index is 0.662. The van der Waals surface area contributed by atoms with Crippen LogP contribution in [0.1, 0.15) is 0 Å². The van der Waals surface area contributed by atoms with Crippen molar-refractivity contribution >= 4 is 63.0 Å². The van der Waals surface area contributed by atoms with E-state index in [9.17, 15) is 0 Å². The zero-order chi connectivity index (χ0) is 37.0. The Morgan fingerprint density at radius 3 is 1.62 bits per heavy atom. The lowest BCUT2D eigenvalue weighted by atomic mass is 9.94. The summed E-state index contributed by atoms with van der Waals surface area (Å²) in [6.45, 7) is 0. The summed E-state index contributed by atoms with van der Waals surface area (Å²) in [5.41, 5.74) is 10.2. The molecular weight excluding hydrogens is 719 g/mol. The highest BCUT2D eigenvalue weighted by Gasteiger charge is 2.19. The average Bonchev–Trinajstić information content (AvgIpc) is 3.85. The van der Waals surface area contributed by atoms with Crippen LogP contribution in [0.25, 0.3) is 108 Å². The second kappa shape index (κ2) is 13.5. The molecule has 5 heteroatoms. The fourth-order valence-corrected chi connectivity index (χ4v) is 10.2. The molecule has 0 aliphatic carbocycles. The van der Waals surface area contributed by atoms with Crippen LogP contribution in [0.2, 0.25) is 0 Å². The summed E-state index contributed by atoms with van der Waals surface area (Å²) in [5.74, 6) is 1.99. The van der Waals surface area contributed by atoms with Crippen molar-refractivity contribution in [2.24, 2.45) is 0 Å². The van der Waals surface area contributed by atoms with Gasteiger partial charge >= 0.3 is 0 Å². The van der Waals surface area contributed by atoms with Crippen molar-refractivity contribution in [3.05, 3.63) is 188 Å². The van der Waals surface area contributed by atoms with Gasteiger partial charge in [-0.1, -0.05) is 152 Å². The van der Waals surface area contributed by atoms with Gasteiger partial charge in [0.2, 0.25) is 0 Å². The summed E-state index contributed by atoms with van der Waals surface area (Å²) in [4.78, 5) is 15.1. The van der Waals surface area contributed by atoms with Crippen molar-refractivity contribution in [2.75, 3.05) is 0 Å². The van der Waals surface area contributed by atoms with E-state index in [1.54, 1.807) is 0 Å². The van der Waals surface area contributed by atoms with Crippen LogP contribution in [0, 0.1) is 0 Å². The van der Waals surface area contributed by atoms with E-state index in [1.165, 1.54) is 73.7 Å². The molecule has 0 aliphatic rings. The lowest BCUT2D eigenvalue weighted by Gasteiger charge is -2.11. The minimum atomic E-state index is 0.662. The summed E-state index contributed by atoms with van der Waals surface area (Å²) in [7, 11) is 0. The van der Waals surface area contributed by atoms with Crippen LogP contribution in [0.3, 0.4) is 0 Å². The van der Waals surface area contributed by atoms with Crippen LogP contribution in [0.4, 0.5) is 0 Å². The van der Waals surface area contributed by atoms with Crippen LogP contribution >= 0.6 is 22.7 Å². The number of hydrogen-bond donors (Lipinski definition) is 0. The third kappa shape index (κ3) is 5.68. The number of nitrogens with zero attached hydrogens (tertiary/aromatic N) is 3. The molecule has 0 atom stereocenters. The molecule has 3 nitrogen and oxygen atoms in total. The summed E-state index contributed by atoms with van der Waals surface area (Å²) in [5, 5.41) is 4.95. The fraction of sp³-hybridized carbons (Fsp3) is 0. The zero-order valence-corrected chi connectivity index (χ0v) is 31.7. The normalized spacial score (nSPS) is 11.6. The first-order chi connectivity index (χ1) is 27.7. The van der Waals surface area contributed by atoms with Gasteiger partial charge in [0.05, 0.1) is 0 Å². The fourth-order valence-electron chi connectivity index (χ4n) is 7.83. The number of fused-ring (bicyclic) bond motifs is 6. The van der Waals surface area contributed by atoms with Gasteiger partial charge in [0.1, 0.15) is 0 Å². The van der Waals surface area contributed by atoms with E-state index in [2.05, 4.69) is 152 Å². The molecule has 11 rings (SSSR count). The smallest absolute Gasteiger partial charge is 0.164 e. The molecule has 0 radical (unpaired) electrons. The molecular formula is C51H31N3S2. The van der Waals surface area contributed by atoms with Gasteiger partial charge in [0, 0.05) is 62.6 Å². The van der Waals surface area contributed by atoms with Gasteiger partial charge in [0.15, 0.2) is 17.5 Å². The minimum Gasteiger partial charge on any atom is -0.208 e. The number of aromatic nitrogens is 3. The number of hydrogen-bond acceptors (Lipinski definition) is 5. The Morgan fingerprint density at radius 1 is 0.286 bits per heavy atom. The highest BCUT2D eigenvalue weighted by Crippen LogP contribution is 2.45. The number of rotatable bonds is 6. The van der Waals surface area contributed by atoms with Crippen molar-refractivity contribution in [1.29, 1.82) is 0 Å². The second-order valence-electron chi connectivity index (χ2n) is 14.0. The van der Waals surface area contributed by atoms with Crippen LogP contribution < -0.4 is 0 Å². The molecule has 0 saturated heterocycles. The van der Waals surface area contributed by atoms with E-state index in [0.717, 1.165) is 16.7 Å². The molecule has 0 saturated carbocycles. The molecule has 56 heavy (non-hydrogen) atoms. The van der Waals surface area contributed by atoms with Gasteiger partial charge in [-0.25, -0.2) is 15.0 Å². The topological polar surface area (TPSA) is 38.7 Å². The molecule has 0 N–H and O–H groups in total. The zero-order valence-electron chi connectivity index (χ0n) is 30.1. The monoisotopic (exact) mass is 749 g/mol. The quantitative estimate of drug-likeness (QED) is 0.170. The average molecular weight is 750 g/mol. The van der Waals surface area contributed by atoms with Gasteiger partial charge < -0.3 is 0 Å². The Morgan fingerprint density at radius 2 is 0.875 bits per heavy atom. The van der Waals surface area contributed by atoms with Crippen molar-refractivity contribution in [3.8, 4) is 67.5 Å². The lowest BCUT2D eigenvalue weighted by Crippen LogP contribution is -2.00. The van der Waals surface area contributed by atoms with E-state index in [1.807, 2.05) is 59.1 Å². The predicted molar refractivity (Wildman–Crippen MR) is 238 cm³/mol. The predicted octanol–water partition coefficient (Wildman–Crippen LogP) is 14.6. The Bertz CT molecular complexity index is 3180. The molecule has 3 aromatic heterocycles. The van der Waals surface area contributed by atoms with Gasteiger partial charge in [-0.05, 0) is 64.2 Å². The van der Waals surface area contributed by atoms with E-state index in [-0.39, 0.29) is 0 Å². The molecule has 3 heterocycles. The SMILES string of the molecule is c1ccc(-c2cccc(-c3cc(-c4ccc5c(c4)sc4cccc(-c6nc(-c7ccccc7)nc(-c7ccccc7)n6)c45)cc4c3sc3ccccc34)c2)cc1. The Balaban J connectivity index is 1.08. The molecule has 0 bridgehead atoms. The third-order valence-electron chi connectivity index (χ3n) is 10.5. The van der Waals surface area contributed by atoms with E-state index in [4.69, 9.17) is 15.0 Å². The molecule has 0 amide bonds. The van der Waals surface area contributed by atoms with Crippen LogP contribution in [0.5, 0.6) is 0 Å². The van der Waals surface area contributed by atoms with Crippen molar-refractivity contribution in [2.45, 2.75) is 0 Å². The molecule has 0 spiro atoms. The second-order valence-corrected chi connectivity index (χ2v) is 16.1. The maximum Gasteiger partial charge on any atom is 0.164 e. The number of benzene rings is 8. The molecule has 0 fully saturated rings. The van der Waals surface area contributed by atoms with Gasteiger partial charge in [0.25, 0.3) is 0 Å². The standard InChI is InChI=1S/C51H31N3S2/c1-4-14-32(15-5-1)35-20-12-21-37(28-35)42-29-38(30-43-39-22-10-11-24-44(39)56-48(42)43)36-26-27-40-46(31-36)55-45-25-13-23-41(47(40)45)51-53-49(33-16-6-2-7-17-33)52-50(54-51)34-18-8-3-9-19-34/h1-31H. The highest BCUT2D eigenvalue weighted by molar-refractivity contribution is 7.26. The van der Waals surface area contributed by atoms with Crippen LogP contribution in [0.15, 0.2) is 188 Å². The maximum absolute atomic E-state index is 5.10. The Labute approximate surface area is 331 Å². The highest BCUT2D eigenvalue weighted by atomic mass is 32.1. The summed E-state index contributed by atoms with van der Waals surface area (Å²) in [6, 6.07) is 66.9. The molecule has 262 valence electrons. The van der Waals surface area contributed by atoms with E-state index < -0.39 is 0 Å². The number of thiophene rings is 2. The van der Waals surface area contributed by atoms with Crippen LogP contribution in [-0.2, 0) is 0 Å². The van der Waals surface area contributed by atoms with Gasteiger partial charge in [-0.2, -0.15) is 0 Å². The van der Waals surface area contributed by atoms with Gasteiger partial charge in [-0.15, -0.1) is 22.7 Å². The Kier molecular flexibility index (Phi) is 7.87. The largest absolute Gasteiger partial charge is 0.208 e. The van der Waals surface area contributed by atoms with Crippen molar-refractivity contribution in [3.63, 3.8) is 0 Å². The lowest BCUT2D eigenvalue weighted by molar-refractivity contribution is 1.08. The van der Waals surface area contributed by atoms with Crippen molar-refractivity contribution < 1.29 is 0 Å². The first kappa shape index (κ1) is 32.6. The van der Waals surface area contributed by atoms with Gasteiger partial charge in [-0.3, -0.25) is 0 Å². The first-order valence-corrected chi connectivity index (χ1v) is 20.3. The van der Waals surface area contributed by atoms with E-state index >= 15 is 0 Å². The van der Waals surface area contributed by atoms with Crippen molar-refractivity contribution in [1.82, 2.24) is 15.0 Å². The summed E-state index contributed by atoms with van der Waals surface area (Å²) < 4.78 is 5.05. The van der Waals surface area contributed by atoms with Crippen LogP contribution in [-0.4, -0.2) is 15.0 Å². The molecule has 8 aromatic carbocycles. The summed E-state index contributed by atoms with van der Waals surface area (Å²) in [6.07, 6.45) is 0. The third-order valence-corrected chi connectivity index (χ3v) is 12.9. The molecule has 11 aromatic rings. The maximum atomic E-state index is 5.10. The summed E-state index contributed by atoms with van der Waals surface area (Å²) >= 11 is 3.70. The molecule has 0 aliphatic heterocycles. The first-order valence-electron chi connectivity index (χ1n) is 18.7. The van der Waals surface area contributed by atoms with E-state index in [0.29, 0.717) is 17.5 Å². The molecule has 0 unspecified atom stereocenters.